The van der Waals surface area contributed by atoms with E-state index in [1.54, 1.807) is 0 Å². The molecule has 0 bridgehead atoms. The molecule has 1 atom stereocenters. The van der Waals surface area contributed by atoms with Crippen molar-refractivity contribution >= 4 is 5.97 Å². The van der Waals surface area contributed by atoms with Gasteiger partial charge < -0.3 is 9.47 Å². The Labute approximate surface area is 135 Å². The quantitative estimate of drug-likeness (QED) is 0.653. The number of methoxy groups -OCH3 is 1. The van der Waals surface area contributed by atoms with E-state index in [2.05, 4.69) is 20.8 Å². The molecule has 0 fully saturated rings. The molecule has 1 aromatic carbocycles. The van der Waals surface area contributed by atoms with Crippen molar-refractivity contribution in [3.8, 4) is 5.75 Å². The van der Waals surface area contributed by atoms with Gasteiger partial charge in [0.15, 0.2) is 0 Å². The van der Waals surface area contributed by atoms with E-state index in [1.165, 1.54) is 7.11 Å². The summed E-state index contributed by atoms with van der Waals surface area (Å²) in [5.74, 6) is 0.978. The number of rotatable bonds is 8. The summed E-state index contributed by atoms with van der Waals surface area (Å²) in [6.07, 6.45) is 1.78. The van der Waals surface area contributed by atoms with Gasteiger partial charge in [0.05, 0.1) is 19.1 Å². The van der Waals surface area contributed by atoms with Crippen molar-refractivity contribution in [2.45, 2.75) is 47.5 Å². The summed E-state index contributed by atoms with van der Waals surface area (Å²) >= 11 is 0. The van der Waals surface area contributed by atoms with Crippen LogP contribution in [0.25, 0.3) is 0 Å². The first-order chi connectivity index (χ1) is 10.2. The zero-order valence-corrected chi connectivity index (χ0v) is 14.8. The molecule has 1 aromatic rings. The van der Waals surface area contributed by atoms with E-state index in [4.69, 9.17) is 9.47 Å². The van der Waals surface area contributed by atoms with E-state index in [9.17, 15) is 4.79 Å². The molecule has 0 saturated carbocycles. The maximum Gasteiger partial charge on any atom is 0.311 e. The smallest absolute Gasteiger partial charge is 0.311 e. The van der Waals surface area contributed by atoms with Crippen LogP contribution in [0.3, 0.4) is 0 Å². The SMILES string of the molecule is CCC(C)(C)C(COc1ccccc1)CC(C)(C)C(=O)OC. The van der Waals surface area contributed by atoms with Crippen molar-refractivity contribution < 1.29 is 14.3 Å². The summed E-state index contributed by atoms with van der Waals surface area (Å²) < 4.78 is 10.9. The molecule has 0 radical (unpaired) electrons. The second-order valence-corrected chi connectivity index (χ2v) is 7.24. The number of benzene rings is 1. The van der Waals surface area contributed by atoms with E-state index in [0.717, 1.165) is 18.6 Å². The molecule has 0 aliphatic rings. The van der Waals surface area contributed by atoms with Crippen molar-refractivity contribution in [1.29, 1.82) is 0 Å². The number of hydrogen-bond acceptors (Lipinski definition) is 3. The molecule has 124 valence electrons. The molecule has 0 saturated heterocycles. The summed E-state index contributed by atoms with van der Waals surface area (Å²) in [7, 11) is 1.45. The van der Waals surface area contributed by atoms with Gasteiger partial charge in [-0.3, -0.25) is 4.79 Å². The second kappa shape index (κ2) is 7.66. The van der Waals surface area contributed by atoms with Crippen LogP contribution in [0.4, 0.5) is 0 Å². The van der Waals surface area contributed by atoms with Crippen LogP contribution in [0.5, 0.6) is 5.75 Å². The predicted molar refractivity (Wildman–Crippen MR) is 89.9 cm³/mol. The van der Waals surface area contributed by atoms with E-state index >= 15 is 0 Å². The van der Waals surface area contributed by atoms with Gasteiger partial charge in [0.2, 0.25) is 0 Å². The van der Waals surface area contributed by atoms with E-state index in [0.29, 0.717) is 6.61 Å². The molecule has 22 heavy (non-hydrogen) atoms. The predicted octanol–water partition coefficient (Wildman–Crippen LogP) is 4.71. The normalized spacial score (nSPS) is 13.5. The standard InChI is InChI=1S/C19H30O3/c1-7-18(2,3)15(13-19(4,5)17(20)21-6)14-22-16-11-9-8-10-12-16/h8-12,15H,7,13-14H2,1-6H3. The molecule has 0 aliphatic carbocycles. The first kappa shape index (κ1) is 18.5. The number of para-hydroxylation sites is 1. The van der Waals surface area contributed by atoms with Crippen molar-refractivity contribution in [3.63, 3.8) is 0 Å². The zero-order chi connectivity index (χ0) is 16.8. The number of carbonyl (C=O) groups excluding carboxylic acids is 1. The average molecular weight is 306 g/mol. The summed E-state index contributed by atoms with van der Waals surface area (Å²) in [6.45, 7) is 11.1. The highest BCUT2D eigenvalue weighted by atomic mass is 16.5. The number of ether oxygens (including phenoxy) is 2. The van der Waals surface area contributed by atoms with E-state index in [-0.39, 0.29) is 17.3 Å². The first-order valence-corrected chi connectivity index (χ1v) is 7.99. The van der Waals surface area contributed by atoms with Crippen molar-refractivity contribution in [2.24, 2.45) is 16.7 Å². The van der Waals surface area contributed by atoms with Crippen molar-refractivity contribution in [2.75, 3.05) is 13.7 Å². The fourth-order valence-electron chi connectivity index (χ4n) is 2.54. The Morgan fingerprint density at radius 2 is 1.73 bits per heavy atom. The Kier molecular flexibility index (Phi) is 6.46. The third-order valence-corrected chi connectivity index (χ3v) is 4.71. The topological polar surface area (TPSA) is 35.5 Å². The molecule has 3 nitrogen and oxygen atoms in total. The Morgan fingerprint density at radius 3 is 2.23 bits per heavy atom. The van der Waals surface area contributed by atoms with Gasteiger partial charge in [0, 0.05) is 0 Å². The summed E-state index contributed by atoms with van der Waals surface area (Å²) in [6, 6.07) is 9.82. The molecule has 0 amide bonds. The van der Waals surface area contributed by atoms with E-state index in [1.807, 2.05) is 44.2 Å². The summed E-state index contributed by atoms with van der Waals surface area (Å²) in [5, 5.41) is 0. The van der Waals surface area contributed by atoms with Crippen LogP contribution in [0.15, 0.2) is 30.3 Å². The first-order valence-electron chi connectivity index (χ1n) is 7.99. The third kappa shape index (κ3) is 5.04. The summed E-state index contributed by atoms with van der Waals surface area (Å²) in [4.78, 5) is 12.0. The van der Waals surface area contributed by atoms with Crippen LogP contribution in [-0.2, 0) is 9.53 Å². The van der Waals surface area contributed by atoms with Gasteiger partial charge in [-0.1, -0.05) is 45.4 Å². The molecule has 0 N–H and O–H groups in total. The highest BCUT2D eigenvalue weighted by Crippen LogP contribution is 2.39. The van der Waals surface area contributed by atoms with Gasteiger partial charge in [-0.2, -0.15) is 0 Å². The van der Waals surface area contributed by atoms with Gasteiger partial charge >= 0.3 is 5.97 Å². The average Bonchev–Trinajstić information content (AvgIpc) is 2.51. The van der Waals surface area contributed by atoms with E-state index < -0.39 is 5.41 Å². The summed E-state index contributed by atoms with van der Waals surface area (Å²) in [5.41, 5.74) is -0.411. The minimum Gasteiger partial charge on any atom is -0.493 e. The monoisotopic (exact) mass is 306 g/mol. The third-order valence-electron chi connectivity index (χ3n) is 4.71. The lowest BCUT2D eigenvalue weighted by Gasteiger charge is -2.37. The Balaban J connectivity index is 2.83. The molecular formula is C19H30O3. The van der Waals surface area contributed by atoms with Crippen molar-refractivity contribution in [1.82, 2.24) is 0 Å². The Bertz CT molecular complexity index is 463. The van der Waals surface area contributed by atoms with Gasteiger partial charge in [0.25, 0.3) is 0 Å². The minimum atomic E-state index is -0.508. The van der Waals surface area contributed by atoms with Crippen LogP contribution in [0.2, 0.25) is 0 Å². The highest BCUT2D eigenvalue weighted by Gasteiger charge is 2.38. The largest absolute Gasteiger partial charge is 0.493 e. The number of hydrogen-bond donors (Lipinski definition) is 0. The number of carbonyl (C=O) groups is 1. The molecular weight excluding hydrogens is 276 g/mol. The van der Waals surface area contributed by atoms with Crippen LogP contribution >= 0.6 is 0 Å². The van der Waals surface area contributed by atoms with Gasteiger partial charge in [0.1, 0.15) is 5.75 Å². The van der Waals surface area contributed by atoms with Crippen LogP contribution in [0.1, 0.15) is 47.5 Å². The fraction of sp³-hybridized carbons (Fsp3) is 0.632. The highest BCUT2D eigenvalue weighted by molar-refractivity contribution is 5.75. The number of esters is 1. The Morgan fingerprint density at radius 1 is 1.14 bits per heavy atom. The zero-order valence-electron chi connectivity index (χ0n) is 14.8. The van der Waals surface area contributed by atoms with Crippen molar-refractivity contribution in [3.05, 3.63) is 30.3 Å². The second-order valence-electron chi connectivity index (χ2n) is 7.24. The van der Waals surface area contributed by atoms with Gasteiger partial charge in [-0.15, -0.1) is 0 Å². The molecule has 0 spiro atoms. The molecule has 1 unspecified atom stereocenters. The van der Waals surface area contributed by atoms with Gasteiger partial charge in [-0.05, 0) is 43.7 Å². The Hall–Kier alpha value is -1.51. The molecule has 3 heteroatoms. The van der Waals surface area contributed by atoms with Gasteiger partial charge in [-0.25, -0.2) is 0 Å². The van der Waals surface area contributed by atoms with Crippen LogP contribution < -0.4 is 4.74 Å². The molecule has 0 aromatic heterocycles. The minimum absolute atomic E-state index is 0.0973. The van der Waals surface area contributed by atoms with Crippen LogP contribution in [0, 0.1) is 16.7 Å². The lowest BCUT2D eigenvalue weighted by Crippen LogP contribution is -2.36. The lowest BCUT2D eigenvalue weighted by atomic mass is 9.69. The van der Waals surface area contributed by atoms with Crippen LogP contribution in [-0.4, -0.2) is 19.7 Å². The fourth-order valence-corrected chi connectivity index (χ4v) is 2.54. The molecule has 1 rings (SSSR count). The molecule has 0 heterocycles. The maximum atomic E-state index is 12.0. The maximum absolute atomic E-state index is 12.0. The lowest BCUT2D eigenvalue weighted by molar-refractivity contribution is -0.152. The molecule has 0 aliphatic heterocycles.